The summed E-state index contributed by atoms with van der Waals surface area (Å²) in [6.07, 6.45) is 0.417. The lowest BCUT2D eigenvalue weighted by atomic mass is 10.1. The number of carbonyl (C=O) groups is 2. The largest absolute Gasteiger partial charge is 0.449 e. The fourth-order valence-corrected chi connectivity index (χ4v) is 1.58. The van der Waals surface area contributed by atoms with Gasteiger partial charge in [0.05, 0.1) is 19.3 Å². The maximum atomic E-state index is 11.8. The molecule has 0 fully saturated rings. The highest BCUT2D eigenvalue weighted by molar-refractivity contribution is 5.74. The van der Waals surface area contributed by atoms with E-state index in [0.29, 0.717) is 19.3 Å². The van der Waals surface area contributed by atoms with Crippen molar-refractivity contribution in [2.75, 3.05) is 19.8 Å². The van der Waals surface area contributed by atoms with Crippen LogP contribution < -0.4 is 5.43 Å². The minimum Gasteiger partial charge on any atom is -0.449 e. The first-order chi connectivity index (χ1) is 9.10. The average molecular weight is 276 g/mol. The topological polar surface area (TPSA) is 88.1 Å². The van der Waals surface area contributed by atoms with E-state index in [1.54, 1.807) is 13.8 Å². The Bertz CT molecular complexity index is 273. The highest BCUT2D eigenvalue weighted by Crippen LogP contribution is 2.10. The maximum absolute atomic E-state index is 11.8. The maximum Gasteiger partial charge on any atom is 0.429 e. The fourth-order valence-electron chi connectivity index (χ4n) is 1.58. The summed E-state index contributed by atoms with van der Waals surface area (Å²) in [5, 5.41) is 9.99. The first-order valence-electron chi connectivity index (χ1n) is 6.60. The number of carbonyl (C=O) groups excluding carboxylic acids is 2. The number of nitrogens with zero attached hydrogens (tertiary/aromatic N) is 1. The molecule has 1 atom stereocenters. The molecule has 0 aliphatic carbocycles. The highest BCUT2D eigenvalue weighted by Gasteiger charge is 2.25. The van der Waals surface area contributed by atoms with Gasteiger partial charge >= 0.3 is 12.2 Å². The Hall–Kier alpha value is -1.50. The second-order valence-corrected chi connectivity index (χ2v) is 3.83. The molecule has 19 heavy (non-hydrogen) atoms. The lowest BCUT2D eigenvalue weighted by Gasteiger charge is -2.29. The Labute approximate surface area is 113 Å². The summed E-state index contributed by atoms with van der Waals surface area (Å²) in [7, 11) is 0. The van der Waals surface area contributed by atoms with Crippen LogP contribution in [-0.4, -0.2) is 48.2 Å². The van der Waals surface area contributed by atoms with Crippen molar-refractivity contribution in [1.82, 2.24) is 10.4 Å². The zero-order chi connectivity index (χ0) is 14.7. The van der Waals surface area contributed by atoms with Gasteiger partial charge in [-0.05, 0) is 33.1 Å². The second kappa shape index (κ2) is 10.4. The van der Waals surface area contributed by atoms with Crippen LogP contribution in [0.3, 0.4) is 0 Å². The van der Waals surface area contributed by atoms with Gasteiger partial charge in [0.1, 0.15) is 0 Å². The van der Waals surface area contributed by atoms with Gasteiger partial charge < -0.3 is 14.6 Å². The van der Waals surface area contributed by atoms with Gasteiger partial charge in [-0.15, -0.1) is 0 Å². The monoisotopic (exact) mass is 276 g/mol. The summed E-state index contributed by atoms with van der Waals surface area (Å²) in [4.78, 5) is 23.2. The summed E-state index contributed by atoms with van der Waals surface area (Å²) < 4.78 is 9.65. The van der Waals surface area contributed by atoms with Crippen LogP contribution in [0.4, 0.5) is 9.59 Å². The lowest BCUT2D eigenvalue weighted by Crippen LogP contribution is -2.52. The zero-order valence-corrected chi connectivity index (χ0v) is 11.8. The predicted octanol–water partition coefficient (Wildman–Crippen LogP) is 1.66. The van der Waals surface area contributed by atoms with Gasteiger partial charge in [0.2, 0.25) is 0 Å². The molecule has 0 aliphatic heterocycles. The number of amides is 2. The van der Waals surface area contributed by atoms with Crippen molar-refractivity contribution in [1.29, 1.82) is 0 Å². The predicted molar refractivity (Wildman–Crippen MR) is 69.4 cm³/mol. The summed E-state index contributed by atoms with van der Waals surface area (Å²) in [5.74, 6) is 0. The van der Waals surface area contributed by atoms with Gasteiger partial charge in [0.15, 0.2) is 0 Å². The van der Waals surface area contributed by atoms with Gasteiger partial charge in [0, 0.05) is 6.61 Å². The molecule has 7 heteroatoms. The van der Waals surface area contributed by atoms with Crippen molar-refractivity contribution in [3.8, 4) is 0 Å². The minimum atomic E-state index is -0.696. The third-order valence-electron chi connectivity index (χ3n) is 2.48. The van der Waals surface area contributed by atoms with E-state index in [1.165, 1.54) is 0 Å². The third kappa shape index (κ3) is 6.85. The Kier molecular flexibility index (Phi) is 9.60. The molecule has 0 bridgehead atoms. The average Bonchev–Trinajstić information content (AvgIpc) is 2.38. The molecule has 0 saturated heterocycles. The summed E-state index contributed by atoms with van der Waals surface area (Å²) in [5.41, 5.74) is 2.38. The van der Waals surface area contributed by atoms with E-state index < -0.39 is 12.2 Å². The molecule has 0 unspecified atom stereocenters. The van der Waals surface area contributed by atoms with E-state index in [-0.39, 0.29) is 25.9 Å². The Morgan fingerprint density at radius 2 is 1.84 bits per heavy atom. The molecule has 0 aromatic rings. The summed E-state index contributed by atoms with van der Waals surface area (Å²) >= 11 is 0. The summed E-state index contributed by atoms with van der Waals surface area (Å²) in [6.45, 7) is 5.73. The van der Waals surface area contributed by atoms with Crippen molar-refractivity contribution < 1.29 is 24.2 Å². The second-order valence-electron chi connectivity index (χ2n) is 3.83. The van der Waals surface area contributed by atoms with Crippen LogP contribution in [0.5, 0.6) is 0 Å². The van der Waals surface area contributed by atoms with Gasteiger partial charge in [-0.3, -0.25) is 0 Å². The molecule has 0 aromatic carbocycles. The highest BCUT2D eigenvalue weighted by atomic mass is 16.6. The molecule has 0 aromatic heterocycles. The number of rotatable bonds is 7. The number of hydrogen-bond acceptors (Lipinski definition) is 5. The van der Waals surface area contributed by atoms with E-state index in [1.807, 2.05) is 6.92 Å². The van der Waals surface area contributed by atoms with E-state index in [4.69, 9.17) is 14.6 Å². The van der Waals surface area contributed by atoms with Crippen molar-refractivity contribution in [3.63, 3.8) is 0 Å². The first kappa shape index (κ1) is 17.5. The number of aliphatic hydroxyl groups excluding tert-OH is 1. The van der Waals surface area contributed by atoms with Gasteiger partial charge in [0.25, 0.3) is 0 Å². The normalized spacial score (nSPS) is 11.6. The fraction of sp³-hybridized carbons (Fsp3) is 0.833. The molecule has 0 aliphatic rings. The van der Waals surface area contributed by atoms with Gasteiger partial charge in [-0.25, -0.2) is 20.0 Å². The number of aliphatic hydroxyl groups is 1. The third-order valence-corrected chi connectivity index (χ3v) is 2.48. The van der Waals surface area contributed by atoms with E-state index >= 15 is 0 Å². The van der Waals surface area contributed by atoms with E-state index in [0.717, 1.165) is 5.01 Å². The van der Waals surface area contributed by atoms with Crippen LogP contribution in [0.25, 0.3) is 0 Å². The Morgan fingerprint density at radius 3 is 2.32 bits per heavy atom. The van der Waals surface area contributed by atoms with Crippen molar-refractivity contribution in [2.24, 2.45) is 0 Å². The van der Waals surface area contributed by atoms with Crippen LogP contribution >= 0.6 is 0 Å². The SMILES string of the molecule is CCOC(=O)NN(C(=O)OCC)[C@H](CC)CCCO. The Morgan fingerprint density at radius 1 is 1.21 bits per heavy atom. The van der Waals surface area contributed by atoms with Crippen molar-refractivity contribution in [2.45, 2.75) is 46.1 Å². The molecule has 0 saturated carbocycles. The molecule has 0 radical (unpaired) electrons. The van der Waals surface area contributed by atoms with Crippen LogP contribution in [0.2, 0.25) is 0 Å². The van der Waals surface area contributed by atoms with Crippen molar-refractivity contribution in [3.05, 3.63) is 0 Å². The molecule has 0 heterocycles. The smallest absolute Gasteiger partial charge is 0.429 e. The first-order valence-corrected chi connectivity index (χ1v) is 6.60. The molecule has 7 nitrogen and oxygen atoms in total. The molecular weight excluding hydrogens is 252 g/mol. The molecule has 112 valence electrons. The van der Waals surface area contributed by atoms with Gasteiger partial charge in [-0.1, -0.05) is 6.92 Å². The van der Waals surface area contributed by atoms with Crippen molar-refractivity contribution >= 4 is 12.2 Å². The minimum absolute atomic E-state index is 0.0343. The van der Waals surface area contributed by atoms with Crippen LogP contribution in [0, 0.1) is 0 Å². The van der Waals surface area contributed by atoms with Crippen LogP contribution in [0.1, 0.15) is 40.0 Å². The number of hydrazine groups is 1. The standard InChI is InChI=1S/C12H24N2O5/c1-4-10(8-7-9-15)14(12(17)19-6-3)13-11(16)18-5-2/h10,15H,4-9H2,1-3H3,(H,13,16)/t10-/m1/s1. The molecular formula is C12H24N2O5. The quantitative estimate of drug-likeness (QED) is 0.690. The van der Waals surface area contributed by atoms with E-state index in [2.05, 4.69) is 5.43 Å². The van der Waals surface area contributed by atoms with E-state index in [9.17, 15) is 9.59 Å². The molecule has 0 spiro atoms. The van der Waals surface area contributed by atoms with Crippen LogP contribution in [0.15, 0.2) is 0 Å². The number of nitrogens with one attached hydrogen (secondary N) is 1. The number of hydrogen-bond donors (Lipinski definition) is 2. The van der Waals surface area contributed by atoms with Crippen LogP contribution in [-0.2, 0) is 9.47 Å². The lowest BCUT2D eigenvalue weighted by molar-refractivity contribution is 0.0505. The number of ether oxygens (including phenoxy) is 2. The van der Waals surface area contributed by atoms with Gasteiger partial charge in [-0.2, -0.15) is 0 Å². The Balaban J connectivity index is 4.70. The zero-order valence-electron chi connectivity index (χ0n) is 11.8. The summed E-state index contributed by atoms with van der Waals surface area (Å²) in [6, 6.07) is -0.240. The molecule has 2 amide bonds. The molecule has 2 N–H and O–H groups in total. The molecule has 0 rings (SSSR count).